The average molecular weight is 366 g/mol. The molecule has 0 amide bonds. The van der Waals surface area contributed by atoms with Gasteiger partial charge in [0.25, 0.3) is 0 Å². The Balaban J connectivity index is 2.17. The lowest BCUT2D eigenvalue weighted by Gasteiger charge is -2.06. The predicted octanol–water partition coefficient (Wildman–Crippen LogP) is 5.41. The van der Waals surface area contributed by atoms with E-state index in [9.17, 15) is 4.39 Å². The second kappa shape index (κ2) is 5.70. The van der Waals surface area contributed by atoms with Crippen LogP contribution in [0.25, 0.3) is 22.3 Å². The molecule has 0 atom stereocenters. The molecule has 0 N–H and O–H groups in total. The Hall–Kier alpha value is -1.52. The van der Waals surface area contributed by atoms with Crippen LogP contribution in [0.15, 0.2) is 40.9 Å². The lowest BCUT2D eigenvalue weighted by Crippen LogP contribution is -1.93. The summed E-state index contributed by atoms with van der Waals surface area (Å²) in [4.78, 5) is 8.72. The summed E-state index contributed by atoms with van der Waals surface area (Å²) in [6, 6.07) is 10.9. The number of hydrogen-bond donors (Lipinski definition) is 0. The average Bonchev–Trinajstić information content (AvgIpc) is 2.49. The zero-order valence-corrected chi connectivity index (χ0v) is 13.5. The number of nitrogens with zero attached hydrogens (tertiary/aromatic N) is 2. The molecule has 0 saturated heterocycles. The molecule has 2 nitrogen and oxygen atoms in total. The quantitative estimate of drug-likeness (QED) is 0.567. The van der Waals surface area contributed by atoms with Crippen LogP contribution in [0.2, 0.25) is 5.15 Å². The SMILES string of the molecule is CCc1ccc(-c2nc(Cl)c3cc(Br)c(F)cc3n2)cc1. The zero-order chi connectivity index (χ0) is 15.0. The van der Waals surface area contributed by atoms with Crippen molar-refractivity contribution in [3.05, 3.63) is 57.4 Å². The number of aromatic nitrogens is 2. The summed E-state index contributed by atoms with van der Waals surface area (Å²) in [5.74, 6) is 0.126. The van der Waals surface area contributed by atoms with E-state index in [1.54, 1.807) is 6.07 Å². The van der Waals surface area contributed by atoms with Gasteiger partial charge in [0.05, 0.1) is 9.99 Å². The standard InChI is InChI=1S/C16H11BrClFN2/c1-2-9-3-5-10(6-4-9)16-20-14-8-13(19)12(17)7-11(14)15(18)21-16/h3-8H,2H2,1H3. The van der Waals surface area contributed by atoms with Gasteiger partial charge in [-0.1, -0.05) is 42.8 Å². The Morgan fingerprint density at radius 3 is 2.52 bits per heavy atom. The van der Waals surface area contributed by atoms with Crippen LogP contribution >= 0.6 is 27.5 Å². The van der Waals surface area contributed by atoms with Crippen molar-refractivity contribution in [3.63, 3.8) is 0 Å². The van der Waals surface area contributed by atoms with E-state index in [1.807, 2.05) is 24.3 Å². The monoisotopic (exact) mass is 364 g/mol. The molecule has 0 aliphatic rings. The normalized spacial score (nSPS) is 11.0. The highest BCUT2D eigenvalue weighted by atomic mass is 79.9. The van der Waals surface area contributed by atoms with Crippen molar-refractivity contribution >= 4 is 38.4 Å². The fourth-order valence-corrected chi connectivity index (χ4v) is 2.68. The topological polar surface area (TPSA) is 25.8 Å². The third kappa shape index (κ3) is 2.78. The van der Waals surface area contributed by atoms with Crippen LogP contribution in [0.1, 0.15) is 12.5 Å². The number of fused-ring (bicyclic) bond motifs is 1. The summed E-state index contributed by atoms with van der Waals surface area (Å²) in [5, 5.41) is 0.939. The first kappa shape index (κ1) is 14.4. The van der Waals surface area contributed by atoms with E-state index in [4.69, 9.17) is 11.6 Å². The van der Waals surface area contributed by atoms with Gasteiger partial charge in [-0.15, -0.1) is 0 Å². The Morgan fingerprint density at radius 2 is 1.86 bits per heavy atom. The summed E-state index contributed by atoms with van der Waals surface area (Å²) < 4.78 is 14.0. The van der Waals surface area contributed by atoms with E-state index in [2.05, 4.69) is 32.8 Å². The second-order valence-corrected chi connectivity index (χ2v) is 5.88. The molecular weight excluding hydrogens is 355 g/mol. The fraction of sp³-hybridized carbons (Fsp3) is 0.125. The van der Waals surface area contributed by atoms with E-state index in [0.717, 1.165) is 12.0 Å². The van der Waals surface area contributed by atoms with Crippen LogP contribution in [-0.2, 0) is 6.42 Å². The maximum atomic E-state index is 13.7. The minimum atomic E-state index is -0.371. The molecule has 0 bridgehead atoms. The Bertz CT molecular complexity index is 819. The summed E-state index contributed by atoms with van der Waals surface area (Å²) >= 11 is 9.34. The third-order valence-corrected chi connectivity index (χ3v) is 4.21. The molecule has 0 aliphatic heterocycles. The van der Waals surface area contributed by atoms with Crippen molar-refractivity contribution in [1.29, 1.82) is 0 Å². The Labute approximate surface area is 135 Å². The van der Waals surface area contributed by atoms with Crippen molar-refractivity contribution in [2.45, 2.75) is 13.3 Å². The molecule has 2 aromatic carbocycles. The highest BCUT2D eigenvalue weighted by Crippen LogP contribution is 2.29. The minimum absolute atomic E-state index is 0.315. The number of aryl methyl sites for hydroxylation is 1. The molecule has 1 heterocycles. The Kier molecular flexibility index (Phi) is 3.91. The van der Waals surface area contributed by atoms with Crippen molar-refractivity contribution in [2.24, 2.45) is 0 Å². The van der Waals surface area contributed by atoms with E-state index in [0.29, 0.717) is 26.4 Å². The molecule has 5 heteroatoms. The molecule has 1 aromatic heterocycles. The van der Waals surface area contributed by atoms with Gasteiger partial charge in [0.15, 0.2) is 5.82 Å². The summed E-state index contributed by atoms with van der Waals surface area (Å²) in [6.45, 7) is 2.10. The zero-order valence-electron chi connectivity index (χ0n) is 11.2. The van der Waals surface area contributed by atoms with Crippen LogP contribution in [-0.4, -0.2) is 9.97 Å². The molecule has 0 unspecified atom stereocenters. The summed E-state index contributed by atoms with van der Waals surface area (Å²) in [7, 11) is 0. The summed E-state index contributed by atoms with van der Waals surface area (Å²) in [6.07, 6.45) is 0.971. The van der Waals surface area contributed by atoms with Crippen LogP contribution in [0, 0.1) is 5.82 Å². The molecule has 3 rings (SSSR count). The van der Waals surface area contributed by atoms with Crippen LogP contribution in [0.4, 0.5) is 4.39 Å². The van der Waals surface area contributed by atoms with Gasteiger partial charge in [-0.25, -0.2) is 14.4 Å². The smallest absolute Gasteiger partial charge is 0.161 e. The fourth-order valence-electron chi connectivity index (χ4n) is 2.10. The molecule has 0 aliphatic carbocycles. The van der Waals surface area contributed by atoms with Gasteiger partial charge in [0, 0.05) is 17.0 Å². The summed E-state index contributed by atoms with van der Waals surface area (Å²) in [5.41, 5.74) is 2.59. The van der Waals surface area contributed by atoms with Crippen LogP contribution < -0.4 is 0 Å². The van der Waals surface area contributed by atoms with Gasteiger partial charge in [0.1, 0.15) is 11.0 Å². The molecule has 0 fully saturated rings. The highest BCUT2D eigenvalue weighted by molar-refractivity contribution is 9.10. The predicted molar refractivity (Wildman–Crippen MR) is 87.0 cm³/mol. The maximum Gasteiger partial charge on any atom is 0.161 e. The van der Waals surface area contributed by atoms with Gasteiger partial charge >= 0.3 is 0 Å². The molecular formula is C16H11BrClFN2. The first-order valence-corrected chi connectivity index (χ1v) is 7.67. The number of rotatable bonds is 2. The molecule has 0 radical (unpaired) electrons. The number of benzene rings is 2. The molecule has 106 valence electrons. The van der Waals surface area contributed by atoms with Crippen molar-refractivity contribution < 1.29 is 4.39 Å². The van der Waals surface area contributed by atoms with Crippen molar-refractivity contribution in [2.75, 3.05) is 0 Å². The van der Waals surface area contributed by atoms with Gasteiger partial charge in [0.2, 0.25) is 0 Å². The van der Waals surface area contributed by atoms with E-state index >= 15 is 0 Å². The molecule has 3 aromatic rings. The van der Waals surface area contributed by atoms with E-state index in [-0.39, 0.29) is 5.82 Å². The minimum Gasteiger partial charge on any atom is -0.228 e. The maximum absolute atomic E-state index is 13.7. The lowest BCUT2D eigenvalue weighted by molar-refractivity contribution is 0.623. The first-order valence-electron chi connectivity index (χ1n) is 6.50. The van der Waals surface area contributed by atoms with Crippen molar-refractivity contribution in [1.82, 2.24) is 9.97 Å². The second-order valence-electron chi connectivity index (χ2n) is 4.67. The number of hydrogen-bond acceptors (Lipinski definition) is 2. The third-order valence-electron chi connectivity index (χ3n) is 3.31. The van der Waals surface area contributed by atoms with Crippen LogP contribution in [0.5, 0.6) is 0 Å². The van der Waals surface area contributed by atoms with Crippen LogP contribution in [0.3, 0.4) is 0 Å². The Morgan fingerprint density at radius 1 is 1.14 bits per heavy atom. The van der Waals surface area contributed by atoms with E-state index in [1.165, 1.54) is 11.6 Å². The van der Waals surface area contributed by atoms with Crippen molar-refractivity contribution in [3.8, 4) is 11.4 Å². The molecule has 0 saturated carbocycles. The molecule has 21 heavy (non-hydrogen) atoms. The highest BCUT2D eigenvalue weighted by Gasteiger charge is 2.11. The van der Waals surface area contributed by atoms with Gasteiger partial charge in [-0.3, -0.25) is 0 Å². The number of halogens is 3. The first-order chi connectivity index (χ1) is 10.1. The van der Waals surface area contributed by atoms with Gasteiger partial charge in [-0.05, 0) is 34.0 Å². The lowest BCUT2D eigenvalue weighted by atomic mass is 10.1. The van der Waals surface area contributed by atoms with Gasteiger partial charge in [-0.2, -0.15) is 0 Å². The van der Waals surface area contributed by atoms with E-state index < -0.39 is 0 Å². The largest absolute Gasteiger partial charge is 0.228 e. The molecule has 0 spiro atoms. The van der Waals surface area contributed by atoms with Gasteiger partial charge < -0.3 is 0 Å².